The molecular formula is C25H26N2O5S. The molecule has 8 heteroatoms. The van der Waals surface area contributed by atoms with Crippen LogP contribution >= 0.6 is 11.3 Å². The number of ether oxygens (including phenoxy) is 1. The van der Waals surface area contributed by atoms with Crippen LogP contribution in [0.2, 0.25) is 0 Å². The lowest BCUT2D eigenvalue weighted by Crippen LogP contribution is -2.36. The lowest BCUT2D eigenvalue weighted by Gasteiger charge is -2.36. The summed E-state index contributed by atoms with van der Waals surface area (Å²) in [5.74, 6) is -1.06. The minimum absolute atomic E-state index is 0.0553. The number of dihydropyridines is 1. The molecule has 2 aliphatic rings. The zero-order valence-corrected chi connectivity index (χ0v) is 19.6. The first-order valence-corrected chi connectivity index (χ1v) is 11.8. The van der Waals surface area contributed by atoms with E-state index in [1.807, 2.05) is 31.4 Å². The van der Waals surface area contributed by atoms with Gasteiger partial charge in [-0.25, -0.2) is 4.79 Å². The lowest BCUT2D eigenvalue weighted by atomic mass is 9.72. The molecule has 1 aromatic carbocycles. The summed E-state index contributed by atoms with van der Waals surface area (Å²) in [7, 11) is 0. The predicted octanol–water partition coefficient (Wildman–Crippen LogP) is 5.22. The second-order valence-electron chi connectivity index (χ2n) is 8.88. The van der Waals surface area contributed by atoms with Crippen LogP contribution in [0.5, 0.6) is 0 Å². The summed E-state index contributed by atoms with van der Waals surface area (Å²) in [6.45, 7) is 5.93. The van der Waals surface area contributed by atoms with E-state index in [1.54, 1.807) is 30.4 Å². The van der Waals surface area contributed by atoms with Crippen molar-refractivity contribution in [3.63, 3.8) is 0 Å². The van der Waals surface area contributed by atoms with Crippen LogP contribution in [0.25, 0.3) is 0 Å². The molecule has 2 unspecified atom stereocenters. The zero-order valence-electron chi connectivity index (χ0n) is 18.8. The Labute approximate surface area is 196 Å². The number of rotatable bonds is 6. The smallest absolute Gasteiger partial charge is 0.336 e. The van der Waals surface area contributed by atoms with Crippen molar-refractivity contribution in [1.82, 2.24) is 5.32 Å². The third kappa shape index (κ3) is 4.61. The highest BCUT2D eigenvalue weighted by Gasteiger charge is 2.42. The van der Waals surface area contributed by atoms with E-state index in [2.05, 4.69) is 5.32 Å². The Bertz CT molecular complexity index is 1160. The molecule has 1 aromatic heterocycles. The highest BCUT2D eigenvalue weighted by atomic mass is 32.1. The number of benzene rings is 1. The van der Waals surface area contributed by atoms with Crippen LogP contribution < -0.4 is 5.32 Å². The lowest BCUT2D eigenvalue weighted by molar-refractivity contribution is -0.384. The Morgan fingerprint density at radius 1 is 1.27 bits per heavy atom. The van der Waals surface area contributed by atoms with Gasteiger partial charge in [0.1, 0.15) is 0 Å². The van der Waals surface area contributed by atoms with Crippen molar-refractivity contribution >= 4 is 28.8 Å². The van der Waals surface area contributed by atoms with Gasteiger partial charge >= 0.3 is 5.97 Å². The third-order valence-electron chi connectivity index (χ3n) is 5.96. The number of nitro groups is 1. The first kappa shape index (κ1) is 22.9. The molecule has 0 spiro atoms. The quantitative estimate of drug-likeness (QED) is 0.356. The first-order chi connectivity index (χ1) is 15.8. The number of carbonyl (C=O) groups excluding carboxylic acids is 2. The van der Waals surface area contributed by atoms with Crippen LogP contribution in [-0.2, 0) is 14.3 Å². The number of esters is 1. The second-order valence-corrected chi connectivity index (χ2v) is 9.86. The van der Waals surface area contributed by atoms with Gasteiger partial charge in [0.05, 0.1) is 17.1 Å². The summed E-state index contributed by atoms with van der Waals surface area (Å²) in [4.78, 5) is 38.7. The number of ketones is 1. The standard InChI is InChI=1S/C25H26N2O5S/c1-14(2)13-32-25(29)22-15(3)26-19-11-17(21-8-5-9-33-21)12-20(28)24(19)23(22)16-6-4-7-18(10-16)27(30)31/h4-10,14,17,23,26H,11-13H2,1-3H3. The van der Waals surface area contributed by atoms with Crippen molar-refractivity contribution in [1.29, 1.82) is 0 Å². The number of hydrogen-bond acceptors (Lipinski definition) is 7. The summed E-state index contributed by atoms with van der Waals surface area (Å²) in [6, 6.07) is 10.2. The van der Waals surface area contributed by atoms with E-state index in [4.69, 9.17) is 4.74 Å². The van der Waals surface area contributed by atoms with Gasteiger partial charge in [-0.15, -0.1) is 11.3 Å². The largest absolute Gasteiger partial charge is 0.462 e. The fraction of sp³-hybridized carbons (Fsp3) is 0.360. The summed E-state index contributed by atoms with van der Waals surface area (Å²) < 4.78 is 5.53. The van der Waals surface area contributed by atoms with Gasteiger partial charge in [0.25, 0.3) is 5.69 Å². The Hall–Kier alpha value is -3.26. The van der Waals surface area contributed by atoms with Gasteiger partial charge in [-0.2, -0.15) is 0 Å². The second kappa shape index (κ2) is 9.31. The normalized spacial score (nSPS) is 20.5. The fourth-order valence-corrected chi connectivity index (χ4v) is 5.34. The van der Waals surface area contributed by atoms with E-state index < -0.39 is 16.8 Å². The molecule has 0 fully saturated rings. The predicted molar refractivity (Wildman–Crippen MR) is 126 cm³/mol. The van der Waals surface area contributed by atoms with Crippen LogP contribution in [0.4, 0.5) is 5.69 Å². The van der Waals surface area contributed by atoms with Crippen molar-refractivity contribution < 1.29 is 19.2 Å². The number of hydrogen-bond donors (Lipinski definition) is 1. The first-order valence-electron chi connectivity index (χ1n) is 10.9. The summed E-state index contributed by atoms with van der Waals surface area (Å²) in [5, 5.41) is 16.7. The summed E-state index contributed by atoms with van der Waals surface area (Å²) in [6.07, 6.45) is 0.971. The molecule has 0 saturated carbocycles. The third-order valence-corrected chi connectivity index (χ3v) is 6.99. The molecule has 0 radical (unpaired) electrons. The Morgan fingerprint density at radius 3 is 2.73 bits per heavy atom. The van der Waals surface area contributed by atoms with E-state index >= 15 is 0 Å². The zero-order chi connectivity index (χ0) is 23.7. The van der Waals surface area contributed by atoms with E-state index in [0.717, 1.165) is 10.6 Å². The number of carbonyl (C=O) groups is 2. The van der Waals surface area contributed by atoms with Crippen LogP contribution in [0.1, 0.15) is 55.9 Å². The van der Waals surface area contributed by atoms with Gasteiger partial charge in [-0.3, -0.25) is 14.9 Å². The topological polar surface area (TPSA) is 98.5 Å². The molecule has 33 heavy (non-hydrogen) atoms. The van der Waals surface area contributed by atoms with Crippen LogP contribution in [0, 0.1) is 16.0 Å². The molecule has 2 atom stereocenters. The molecule has 1 aliphatic heterocycles. The molecule has 0 saturated heterocycles. The Kier molecular flexibility index (Phi) is 6.47. The van der Waals surface area contributed by atoms with Gasteiger partial charge < -0.3 is 10.1 Å². The molecule has 2 heterocycles. The molecule has 2 aromatic rings. The van der Waals surface area contributed by atoms with Gasteiger partial charge in [0, 0.05) is 52.2 Å². The number of nitro benzene ring substituents is 1. The van der Waals surface area contributed by atoms with Crippen molar-refractivity contribution in [2.24, 2.45) is 5.92 Å². The van der Waals surface area contributed by atoms with E-state index in [0.29, 0.717) is 35.2 Å². The number of thiophene rings is 1. The van der Waals surface area contributed by atoms with Crippen LogP contribution in [0.15, 0.2) is 64.3 Å². The molecule has 7 nitrogen and oxygen atoms in total. The number of nitrogens with zero attached hydrogens (tertiary/aromatic N) is 1. The average Bonchev–Trinajstić information content (AvgIpc) is 3.31. The van der Waals surface area contributed by atoms with Gasteiger partial charge in [0.15, 0.2) is 5.78 Å². The highest BCUT2D eigenvalue weighted by Crippen LogP contribution is 2.46. The molecular weight excluding hydrogens is 440 g/mol. The van der Waals surface area contributed by atoms with Crippen molar-refractivity contribution in [2.45, 2.75) is 45.4 Å². The number of non-ortho nitro benzene ring substituents is 1. The monoisotopic (exact) mass is 466 g/mol. The van der Waals surface area contributed by atoms with Crippen LogP contribution in [-0.4, -0.2) is 23.3 Å². The van der Waals surface area contributed by atoms with Crippen LogP contribution in [0.3, 0.4) is 0 Å². The maximum Gasteiger partial charge on any atom is 0.336 e. The number of nitrogens with one attached hydrogen (secondary N) is 1. The van der Waals surface area contributed by atoms with Crippen molar-refractivity contribution in [3.8, 4) is 0 Å². The molecule has 0 amide bonds. The Morgan fingerprint density at radius 2 is 2.06 bits per heavy atom. The fourth-order valence-electron chi connectivity index (χ4n) is 4.51. The maximum atomic E-state index is 13.5. The molecule has 1 N–H and O–H groups in total. The summed E-state index contributed by atoms with van der Waals surface area (Å²) in [5.41, 5.74) is 2.68. The van der Waals surface area contributed by atoms with E-state index in [9.17, 15) is 19.7 Å². The molecule has 0 bridgehead atoms. The van der Waals surface area contributed by atoms with E-state index in [1.165, 1.54) is 12.1 Å². The summed E-state index contributed by atoms with van der Waals surface area (Å²) >= 11 is 1.63. The minimum Gasteiger partial charge on any atom is -0.462 e. The number of Topliss-reactive ketones (excluding diaryl/α,β-unsaturated/α-hetero) is 1. The highest BCUT2D eigenvalue weighted by molar-refractivity contribution is 7.10. The average molecular weight is 467 g/mol. The van der Waals surface area contributed by atoms with Gasteiger partial charge in [0.2, 0.25) is 0 Å². The SMILES string of the molecule is CC1=C(C(=O)OCC(C)C)C(c2cccc([N+](=O)[O-])c2)C2=C(CC(c3cccs3)CC2=O)N1. The molecule has 172 valence electrons. The van der Waals surface area contributed by atoms with E-state index in [-0.39, 0.29) is 29.9 Å². The number of allylic oxidation sites excluding steroid dienone is 3. The van der Waals surface area contributed by atoms with Crippen molar-refractivity contribution in [3.05, 3.63) is 84.9 Å². The molecule has 4 rings (SSSR count). The maximum absolute atomic E-state index is 13.5. The molecule has 1 aliphatic carbocycles. The van der Waals surface area contributed by atoms with Gasteiger partial charge in [-0.1, -0.05) is 32.0 Å². The minimum atomic E-state index is -0.711. The Balaban J connectivity index is 1.80. The van der Waals surface area contributed by atoms with Crippen molar-refractivity contribution in [2.75, 3.05) is 6.61 Å². The van der Waals surface area contributed by atoms with Gasteiger partial charge in [-0.05, 0) is 36.3 Å².